The summed E-state index contributed by atoms with van der Waals surface area (Å²) in [4.78, 5) is 21.2. The van der Waals surface area contributed by atoms with Crippen LogP contribution in [-0.2, 0) is 14.3 Å². The molecule has 8 heteroatoms. The Labute approximate surface area is 110 Å². The first-order valence-electron chi connectivity index (χ1n) is 5.92. The van der Waals surface area contributed by atoms with Gasteiger partial charge in [0.1, 0.15) is 11.6 Å². The summed E-state index contributed by atoms with van der Waals surface area (Å²) in [5.74, 6) is 0.793. The van der Waals surface area contributed by atoms with Gasteiger partial charge in [0.25, 0.3) is 0 Å². The molecule has 0 spiro atoms. The molecule has 104 valence electrons. The van der Waals surface area contributed by atoms with Crippen LogP contribution in [-0.4, -0.2) is 48.8 Å². The van der Waals surface area contributed by atoms with Crippen molar-refractivity contribution in [3.05, 3.63) is 6.07 Å². The molecule has 0 saturated carbocycles. The van der Waals surface area contributed by atoms with Gasteiger partial charge >= 0.3 is 5.97 Å². The van der Waals surface area contributed by atoms with E-state index < -0.39 is 0 Å². The zero-order valence-electron chi connectivity index (χ0n) is 10.7. The number of carbonyl (C=O) groups is 1. The maximum Gasteiger partial charge on any atom is 0.308 e. The fourth-order valence-electron chi connectivity index (χ4n) is 1.95. The normalized spacial score (nSPS) is 19.2. The van der Waals surface area contributed by atoms with Crippen LogP contribution in [0, 0.1) is 0 Å². The van der Waals surface area contributed by atoms with Gasteiger partial charge in [0, 0.05) is 19.2 Å². The number of nitrogen functional groups attached to an aromatic ring is 2. The van der Waals surface area contributed by atoms with Crippen molar-refractivity contribution >= 4 is 23.6 Å². The van der Waals surface area contributed by atoms with Crippen LogP contribution in [0.5, 0.6) is 0 Å². The number of anilines is 3. The largest absolute Gasteiger partial charge is 0.469 e. The summed E-state index contributed by atoms with van der Waals surface area (Å²) in [6.07, 6.45) is -0.0121. The fourth-order valence-corrected chi connectivity index (χ4v) is 1.95. The molecule has 1 saturated heterocycles. The van der Waals surface area contributed by atoms with E-state index in [4.69, 9.17) is 16.2 Å². The van der Waals surface area contributed by atoms with Gasteiger partial charge in [-0.05, 0) is 0 Å². The van der Waals surface area contributed by atoms with Crippen molar-refractivity contribution in [1.82, 2.24) is 9.97 Å². The Hall–Kier alpha value is -2.09. The van der Waals surface area contributed by atoms with Gasteiger partial charge in [0.15, 0.2) is 0 Å². The van der Waals surface area contributed by atoms with Gasteiger partial charge in [-0.25, -0.2) is 0 Å². The second-order valence-corrected chi connectivity index (χ2v) is 4.23. The highest BCUT2D eigenvalue weighted by molar-refractivity contribution is 5.70. The number of hydrogen-bond acceptors (Lipinski definition) is 8. The van der Waals surface area contributed by atoms with E-state index in [1.165, 1.54) is 7.11 Å². The molecular weight excluding hydrogens is 250 g/mol. The van der Waals surface area contributed by atoms with Gasteiger partial charge in [-0.2, -0.15) is 9.97 Å². The highest BCUT2D eigenvalue weighted by Gasteiger charge is 2.24. The van der Waals surface area contributed by atoms with Crippen molar-refractivity contribution in [3.63, 3.8) is 0 Å². The Bertz CT molecular complexity index is 447. The SMILES string of the molecule is COC(=O)CC1CN(c2cc(N)nc(N)n2)CCO1. The number of methoxy groups -OCH3 is 1. The van der Waals surface area contributed by atoms with E-state index in [2.05, 4.69) is 14.7 Å². The molecule has 0 amide bonds. The van der Waals surface area contributed by atoms with Gasteiger partial charge in [-0.15, -0.1) is 0 Å². The molecule has 0 aromatic carbocycles. The molecule has 4 N–H and O–H groups in total. The summed E-state index contributed by atoms with van der Waals surface area (Å²) in [7, 11) is 1.36. The highest BCUT2D eigenvalue weighted by Crippen LogP contribution is 2.19. The number of rotatable bonds is 3. The number of nitrogens with two attached hydrogens (primary N) is 2. The molecule has 19 heavy (non-hydrogen) atoms. The summed E-state index contributed by atoms with van der Waals surface area (Å²) in [6, 6.07) is 1.65. The third-order valence-corrected chi connectivity index (χ3v) is 2.83. The Kier molecular flexibility index (Phi) is 4.00. The van der Waals surface area contributed by atoms with E-state index in [-0.39, 0.29) is 24.4 Å². The third kappa shape index (κ3) is 3.44. The fraction of sp³-hybridized carbons (Fsp3) is 0.545. The lowest BCUT2D eigenvalue weighted by Gasteiger charge is -2.33. The number of morpholine rings is 1. The Morgan fingerprint density at radius 3 is 3.05 bits per heavy atom. The van der Waals surface area contributed by atoms with E-state index >= 15 is 0 Å². The summed E-state index contributed by atoms with van der Waals surface area (Å²) < 4.78 is 10.1. The Morgan fingerprint density at radius 1 is 1.58 bits per heavy atom. The number of nitrogens with zero attached hydrogens (tertiary/aromatic N) is 3. The van der Waals surface area contributed by atoms with Crippen molar-refractivity contribution in [2.75, 3.05) is 43.2 Å². The van der Waals surface area contributed by atoms with Crippen molar-refractivity contribution < 1.29 is 14.3 Å². The molecule has 0 aliphatic carbocycles. The maximum atomic E-state index is 11.2. The molecule has 1 aromatic heterocycles. The second-order valence-electron chi connectivity index (χ2n) is 4.23. The van der Waals surface area contributed by atoms with Crippen LogP contribution in [0.2, 0.25) is 0 Å². The van der Waals surface area contributed by atoms with Crippen molar-refractivity contribution in [1.29, 1.82) is 0 Å². The van der Waals surface area contributed by atoms with Crippen LogP contribution in [0.15, 0.2) is 6.07 Å². The van der Waals surface area contributed by atoms with Crippen molar-refractivity contribution in [2.24, 2.45) is 0 Å². The third-order valence-electron chi connectivity index (χ3n) is 2.83. The average Bonchev–Trinajstić information content (AvgIpc) is 2.38. The van der Waals surface area contributed by atoms with Crippen molar-refractivity contribution in [3.8, 4) is 0 Å². The minimum atomic E-state index is -0.298. The predicted molar refractivity (Wildman–Crippen MR) is 69.4 cm³/mol. The van der Waals surface area contributed by atoms with Crippen LogP contribution in [0.3, 0.4) is 0 Å². The van der Waals surface area contributed by atoms with Crippen LogP contribution < -0.4 is 16.4 Å². The number of carbonyl (C=O) groups excluding carboxylic acids is 1. The highest BCUT2D eigenvalue weighted by atomic mass is 16.5. The number of hydrogen-bond donors (Lipinski definition) is 2. The minimum Gasteiger partial charge on any atom is -0.469 e. The molecule has 8 nitrogen and oxygen atoms in total. The lowest BCUT2D eigenvalue weighted by Crippen LogP contribution is -2.44. The summed E-state index contributed by atoms with van der Waals surface area (Å²) in [6.45, 7) is 1.70. The molecule has 1 aliphatic heterocycles. The quantitative estimate of drug-likeness (QED) is 0.698. The standard InChI is InChI=1S/C11H17N5O3/c1-18-10(17)4-7-6-16(2-3-19-7)9-5-8(12)14-11(13)15-9/h5,7H,2-4,6H2,1H3,(H4,12,13,14,15). The van der Waals surface area contributed by atoms with Crippen LogP contribution in [0.1, 0.15) is 6.42 Å². The van der Waals surface area contributed by atoms with Crippen LogP contribution in [0.4, 0.5) is 17.6 Å². The van der Waals surface area contributed by atoms with Crippen LogP contribution >= 0.6 is 0 Å². The predicted octanol–water partition coefficient (Wildman–Crippen LogP) is -0.591. The van der Waals surface area contributed by atoms with Gasteiger partial charge in [0.05, 0.1) is 26.2 Å². The molecule has 2 rings (SSSR count). The number of aromatic nitrogens is 2. The van der Waals surface area contributed by atoms with E-state index in [1.54, 1.807) is 6.07 Å². The van der Waals surface area contributed by atoms with E-state index in [9.17, 15) is 4.79 Å². The molecule has 1 aromatic rings. The van der Waals surface area contributed by atoms with E-state index in [0.717, 1.165) is 0 Å². The van der Waals surface area contributed by atoms with Crippen molar-refractivity contribution in [2.45, 2.75) is 12.5 Å². The van der Waals surface area contributed by atoms with Gasteiger partial charge in [-0.1, -0.05) is 0 Å². The molecule has 1 unspecified atom stereocenters. The van der Waals surface area contributed by atoms with Crippen LogP contribution in [0.25, 0.3) is 0 Å². The van der Waals surface area contributed by atoms with Gasteiger partial charge in [-0.3, -0.25) is 4.79 Å². The molecule has 1 aliphatic rings. The molecule has 1 fully saturated rings. The topological polar surface area (TPSA) is 117 Å². The first-order chi connectivity index (χ1) is 9.08. The average molecular weight is 267 g/mol. The van der Waals surface area contributed by atoms with Gasteiger partial charge < -0.3 is 25.8 Å². The summed E-state index contributed by atoms with van der Waals surface area (Å²) in [5.41, 5.74) is 11.2. The minimum absolute atomic E-state index is 0.131. The van der Waals surface area contributed by atoms with E-state index in [1.807, 2.05) is 4.90 Å². The maximum absolute atomic E-state index is 11.2. The first kappa shape index (κ1) is 13.3. The van der Waals surface area contributed by atoms with E-state index in [0.29, 0.717) is 31.3 Å². The summed E-state index contributed by atoms with van der Waals surface area (Å²) in [5, 5.41) is 0. The lowest BCUT2D eigenvalue weighted by atomic mass is 10.2. The smallest absolute Gasteiger partial charge is 0.308 e. The summed E-state index contributed by atoms with van der Waals surface area (Å²) >= 11 is 0. The molecule has 2 heterocycles. The number of ether oxygens (including phenoxy) is 2. The Morgan fingerprint density at radius 2 is 2.37 bits per heavy atom. The second kappa shape index (κ2) is 5.70. The molecule has 0 radical (unpaired) electrons. The monoisotopic (exact) mass is 267 g/mol. The number of esters is 1. The molecule has 0 bridgehead atoms. The molecule has 1 atom stereocenters. The zero-order chi connectivity index (χ0) is 13.8. The molecular formula is C11H17N5O3. The zero-order valence-corrected chi connectivity index (χ0v) is 10.7. The first-order valence-corrected chi connectivity index (χ1v) is 5.92. The van der Waals surface area contributed by atoms with Gasteiger partial charge in [0.2, 0.25) is 5.95 Å². The lowest BCUT2D eigenvalue weighted by molar-refractivity contribution is -0.144. The Balaban J connectivity index is 2.06.